The Balaban J connectivity index is 2.02. The van der Waals surface area contributed by atoms with E-state index < -0.39 is 5.97 Å². The predicted molar refractivity (Wildman–Crippen MR) is 69.1 cm³/mol. The summed E-state index contributed by atoms with van der Waals surface area (Å²) in [7, 11) is 2.00. The first-order valence-electron chi connectivity index (χ1n) is 6.51. The summed E-state index contributed by atoms with van der Waals surface area (Å²) in [6, 6.07) is 5.98. The Hall–Kier alpha value is -1.42. The van der Waals surface area contributed by atoms with E-state index in [1.54, 1.807) is 6.20 Å². The third kappa shape index (κ3) is 3.07. The lowest BCUT2D eigenvalue weighted by Crippen LogP contribution is -2.43. The molecule has 0 radical (unpaired) electrons. The highest BCUT2D eigenvalue weighted by atomic mass is 16.4. The van der Waals surface area contributed by atoms with E-state index in [-0.39, 0.29) is 12.0 Å². The molecule has 2 unspecified atom stereocenters. The predicted octanol–water partition coefficient (Wildman–Crippen LogP) is 2.16. The average molecular weight is 248 g/mol. The van der Waals surface area contributed by atoms with E-state index in [1.165, 1.54) is 0 Å². The highest BCUT2D eigenvalue weighted by Gasteiger charge is 2.33. The quantitative estimate of drug-likeness (QED) is 0.887. The van der Waals surface area contributed by atoms with Crippen LogP contribution in [0.15, 0.2) is 24.4 Å². The van der Waals surface area contributed by atoms with E-state index in [9.17, 15) is 9.90 Å². The molecule has 4 nitrogen and oxygen atoms in total. The van der Waals surface area contributed by atoms with E-state index in [1.807, 2.05) is 25.2 Å². The van der Waals surface area contributed by atoms with Crippen LogP contribution < -0.4 is 0 Å². The van der Waals surface area contributed by atoms with Crippen LogP contribution in [0.1, 0.15) is 31.4 Å². The fourth-order valence-electron chi connectivity index (χ4n) is 2.79. The monoisotopic (exact) mass is 248 g/mol. The van der Waals surface area contributed by atoms with Gasteiger partial charge in [0, 0.05) is 18.8 Å². The summed E-state index contributed by atoms with van der Waals surface area (Å²) in [6.07, 6.45) is 5.71. The van der Waals surface area contributed by atoms with Gasteiger partial charge in [-0.15, -0.1) is 0 Å². The lowest BCUT2D eigenvalue weighted by Gasteiger charge is -2.35. The van der Waals surface area contributed by atoms with Crippen LogP contribution in [0.5, 0.6) is 0 Å². The molecule has 4 heteroatoms. The summed E-state index contributed by atoms with van der Waals surface area (Å²) in [5, 5.41) is 9.28. The summed E-state index contributed by atoms with van der Waals surface area (Å²) in [4.78, 5) is 17.7. The Bertz CT molecular complexity index is 394. The molecule has 2 rings (SSSR count). The number of aromatic nitrogens is 1. The normalized spacial score (nSPS) is 24.1. The Morgan fingerprint density at radius 2 is 2.22 bits per heavy atom. The van der Waals surface area contributed by atoms with Crippen LogP contribution in [0.4, 0.5) is 0 Å². The van der Waals surface area contributed by atoms with Crippen molar-refractivity contribution in [3.8, 4) is 0 Å². The van der Waals surface area contributed by atoms with Gasteiger partial charge in [0.2, 0.25) is 0 Å². The van der Waals surface area contributed by atoms with Gasteiger partial charge in [-0.05, 0) is 32.0 Å². The number of carboxylic acids is 1. The highest BCUT2D eigenvalue weighted by Crippen LogP contribution is 2.28. The van der Waals surface area contributed by atoms with Crippen molar-refractivity contribution in [1.29, 1.82) is 0 Å². The van der Waals surface area contributed by atoms with Crippen LogP contribution in [0, 0.1) is 5.92 Å². The maximum atomic E-state index is 11.3. The molecular formula is C14H20N2O2. The molecular weight excluding hydrogens is 228 g/mol. The number of rotatable bonds is 4. The Labute approximate surface area is 108 Å². The molecule has 18 heavy (non-hydrogen) atoms. The third-order valence-electron chi connectivity index (χ3n) is 3.75. The van der Waals surface area contributed by atoms with Crippen molar-refractivity contribution in [2.75, 3.05) is 7.05 Å². The number of hydrogen-bond donors (Lipinski definition) is 1. The maximum absolute atomic E-state index is 11.3. The molecule has 1 aliphatic rings. The molecule has 1 aromatic heterocycles. The van der Waals surface area contributed by atoms with Gasteiger partial charge >= 0.3 is 5.97 Å². The second kappa shape index (κ2) is 5.96. The largest absolute Gasteiger partial charge is 0.481 e. The molecule has 1 heterocycles. The topological polar surface area (TPSA) is 53.4 Å². The summed E-state index contributed by atoms with van der Waals surface area (Å²) in [5.74, 6) is -0.889. The molecule has 1 N–H and O–H groups in total. The molecule has 0 aromatic carbocycles. The molecule has 0 aliphatic heterocycles. The second-order valence-electron chi connectivity index (χ2n) is 5.03. The van der Waals surface area contributed by atoms with Gasteiger partial charge in [0.05, 0.1) is 11.6 Å². The van der Waals surface area contributed by atoms with E-state index in [4.69, 9.17) is 0 Å². The number of pyridine rings is 1. The van der Waals surface area contributed by atoms with Crippen molar-refractivity contribution in [1.82, 2.24) is 9.88 Å². The molecule has 98 valence electrons. The number of carboxylic acid groups (broad SMARTS) is 1. The van der Waals surface area contributed by atoms with Crippen LogP contribution in [0.3, 0.4) is 0 Å². The lowest BCUT2D eigenvalue weighted by molar-refractivity contribution is -0.145. The average Bonchev–Trinajstić information content (AvgIpc) is 2.40. The second-order valence-corrected chi connectivity index (χ2v) is 5.03. The fourth-order valence-corrected chi connectivity index (χ4v) is 2.79. The number of hydrogen-bond acceptors (Lipinski definition) is 3. The van der Waals surface area contributed by atoms with E-state index in [0.29, 0.717) is 0 Å². The number of carbonyl (C=O) groups is 1. The molecule has 0 spiro atoms. The van der Waals surface area contributed by atoms with Gasteiger partial charge in [-0.3, -0.25) is 14.7 Å². The molecule has 0 bridgehead atoms. The summed E-state index contributed by atoms with van der Waals surface area (Å²) < 4.78 is 0. The van der Waals surface area contributed by atoms with Crippen LogP contribution in [0.2, 0.25) is 0 Å². The van der Waals surface area contributed by atoms with Gasteiger partial charge in [-0.2, -0.15) is 0 Å². The van der Waals surface area contributed by atoms with Crippen LogP contribution in [-0.2, 0) is 11.3 Å². The zero-order valence-corrected chi connectivity index (χ0v) is 10.7. The summed E-state index contributed by atoms with van der Waals surface area (Å²) >= 11 is 0. The van der Waals surface area contributed by atoms with Gasteiger partial charge in [0.1, 0.15) is 0 Å². The van der Waals surface area contributed by atoms with E-state index in [2.05, 4.69) is 9.88 Å². The molecule has 1 aliphatic carbocycles. The molecule has 1 aromatic rings. The van der Waals surface area contributed by atoms with Gasteiger partial charge in [-0.25, -0.2) is 0 Å². The van der Waals surface area contributed by atoms with Gasteiger partial charge < -0.3 is 5.11 Å². The van der Waals surface area contributed by atoms with Crippen molar-refractivity contribution in [3.63, 3.8) is 0 Å². The van der Waals surface area contributed by atoms with Crippen LogP contribution in [0.25, 0.3) is 0 Å². The lowest BCUT2D eigenvalue weighted by atomic mass is 9.83. The summed E-state index contributed by atoms with van der Waals surface area (Å²) in [5.41, 5.74) is 0.995. The van der Waals surface area contributed by atoms with Gasteiger partial charge in [-0.1, -0.05) is 18.9 Å². The first-order chi connectivity index (χ1) is 8.68. The van der Waals surface area contributed by atoms with E-state index in [0.717, 1.165) is 37.9 Å². The van der Waals surface area contributed by atoms with Crippen molar-refractivity contribution in [2.24, 2.45) is 5.92 Å². The Morgan fingerprint density at radius 3 is 2.89 bits per heavy atom. The van der Waals surface area contributed by atoms with Crippen molar-refractivity contribution < 1.29 is 9.90 Å². The van der Waals surface area contributed by atoms with Gasteiger partial charge in [0.25, 0.3) is 0 Å². The highest BCUT2D eigenvalue weighted by molar-refractivity contribution is 5.71. The standard InChI is InChI=1S/C14H20N2O2/c1-16(10-11-6-4-5-9-15-11)13-8-3-2-7-12(13)14(17)18/h4-6,9,12-13H,2-3,7-8,10H2,1H3,(H,17,18). The molecule has 2 atom stereocenters. The maximum Gasteiger partial charge on any atom is 0.308 e. The number of nitrogens with zero attached hydrogens (tertiary/aromatic N) is 2. The molecule has 1 saturated carbocycles. The smallest absolute Gasteiger partial charge is 0.308 e. The molecule has 0 saturated heterocycles. The van der Waals surface area contributed by atoms with Crippen LogP contribution in [-0.4, -0.2) is 34.0 Å². The minimum atomic E-state index is -0.660. The fraction of sp³-hybridized carbons (Fsp3) is 0.571. The van der Waals surface area contributed by atoms with Crippen molar-refractivity contribution >= 4 is 5.97 Å². The van der Waals surface area contributed by atoms with E-state index >= 15 is 0 Å². The van der Waals surface area contributed by atoms with Crippen LogP contribution >= 0.6 is 0 Å². The zero-order valence-electron chi connectivity index (χ0n) is 10.7. The van der Waals surface area contributed by atoms with Crippen molar-refractivity contribution in [3.05, 3.63) is 30.1 Å². The zero-order chi connectivity index (χ0) is 13.0. The Kier molecular flexibility index (Phi) is 4.31. The third-order valence-corrected chi connectivity index (χ3v) is 3.75. The Morgan fingerprint density at radius 1 is 1.44 bits per heavy atom. The minimum Gasteiger partial charge on any atom is -0.481 e. The first kappa shape index (κ1) is 13.0. The number of aliphatic carboxylic acids is 1. The first-order valence-corrected chi connectivity index (χ1v) is 6.51. The summed E-state index contributed by atoms with van der Waals surface area (Å²) in [6.45, 7) is 0.718. The SMILES string of the molecule is CN(Cc1ccccn1)C1CCCCC1C(=O)O. The van der Waals surface area contributed by atoms with Gasteiger partial charge in [0.15, 0.2) is 0 Å². The minimum absolute atomic E-state index is 0.137. The van der Waals surface area contributed by atoms with Crippen molar-refractivity contribution in [2.45, 2.75) is 38.3 Å². The molecule has 1 fully saturated rings. The molecule has 0 amide bonds.